The fourth-order valence-corrected chi connectivity index (χ4v) is 3.36. The molecule has 3 rings (SSSR count). The standard InChI is InChI=1S/C14H9BrCl2F3N3/c15-7-4-11-12(21-5-7)13(14(18,19)20)22-23(11)6-8-9(16)2-1-3-10(8)17/h1-5,8-9H,6H2. The molecule has 0 amide bonds. The highest BCUT2D eigenvalue weighted by atomic mass is 79.9. The first kappa shape index (κ1) is 16.8. The van der Waals surface area contributed by atoms with Gasteiger partial charge in [0, 0.05) is 21.6 Å². The minimum atomic E-state index is -4.59. The van der Waals surface area contributed by atoms with E-state index in [0.717, 1.165) is 0 Å². The molecule has 1 aliphatic rings. The molecule has 0 aliphatic heterocycles. The maximum Gasteiger partial charge on any atom is 0.437 e. The Bertz CT molecular complexity index is 813. The van der Waals surface area contributed by atoms with Crippen LogP contribution in [0.15, 0.2) is 40.0 Å². The minimum Gasteiger partial charge on any atom is -0.262 e. The highest BCUT2D eigenvalue weighted by molar-refractivity contribution is 9.10. The lowest BCUT2D eigenvalue weighted by Gasteiger charge is -2.22. The van der Waals surface area contributed by atoms with E-state index in [9.17, 15) is 13.2 Å². The Morgan fingerprint density at radius 3 is 2.74 bits per heavy atom. The second-order valence-electron chi connectivity index (χ2n) is 5.04. The lowest BCUT2D eigenvalue weighted by molar-refractivity contribution is -0.140. The molecule has 0 radical (unpaired) electrons. The van der Waals surface area contributed by atoms with Crippen LogP contribution in [-0.4, -0.2) is 20.1 Å². The first-order chi connectivity index (χ1) is 10.8. The van der Waals surface area contributed by atoms with E-state index < -0.39 is 17.2 Å². The number of pyridine rings is 1. The van der Waals surface area contributed by atoms with Crippen molar-refractivity contribution in [3.05, 3.63) is 45.7 Å². The number of rotatable bonds is 2. The summed E-state index contributed by atoms with van der Waals surface area (Å²) in [4.78, 5) is 3.85. The van der Waals surface area contributed by atoms with Crippen LogP contribution in [0.25, 0.3) is 11.0 Å². The number of nitrogens with zero attached hydrogens (tertiary/aromatic N) is 3. The third-order valence-corrected chi connectivity index (χ3v) is 4.77. The zero-order valence-electron chi connectivity index (χ0n) is 11.4. The van der Waals surface area contributed by atoms with Gasteiger partial charge in [-0.3, -0.25) is 9.67 Å². The van der Waals surface area contributed by atoms with Crippen LogP contribution in [0, 0.1) is 5.92 Å². The number of aromatic nitrogens is 3. The summed E-state index contributed by atoms with van der Waals surface area (Å²) in [7, 11) is 0. The minimum absolute atomic E-state index is 0.124. The monoisotopic (exact) mass is 425 g/mol. The lowest BCUT2D eigenvalue weighted by Crippen LogP contribution is -2.22. The van der Waals surface area contributed by atoms with Gasteiger partial charge in [-0.1, -0.05) is 23.8 Å². The largest absolute Gasteiger partial charge is 0.437 e. The molecular formula is C14H9BrCl2F3N3. The van der Waals surface area contributed by atoms with Crippen molar-refractivity contribution in [2.24, 2.45) is 5.92 Å². The van der Waals surface area contributed by atoms with Gasteiger partial charge in [0.2, 0.25) is 0 Å². The van der Waals surface area contributed by atoms with Crippen LogP contribution in [0.4, 0.5) is 13.2 Å². The molecule has 0 saturated carbocycles. The average Bonchev–Trinajstić information content (AvgIpc) is 2.81. The van der Waals surface area contributed by atoms with E-state index in [1.807, 2.05) is 0 Å². The zero-order valence-corrected chi connectivity index (χ0v) is 14.5. The molecule has 0 bridgehead atoms. The number of halogens is 6. The van der Waals surface area contributed by atoms with Gasteiger partial charge in [-0.25, -0.2) is 0 Å². The molecule has 2 atom stereocenters. The van der Waals surface area contributed by atoms with Crippen molar-refractivity contribution < 1.29 is 13.2 Å². The van der Waals surface area contributed by atoms with Crippen molar-refractivity contribution in [2.75, 3.05) is 0 Å². The summed E-state index contributed by atoms with van der Waals surface area (Å²) in [6.07, 6.45) is 1.86. The van der Waals surface area contributed by atoms with E-state index in [4.69, 9.17) is 23.2 Å². The molecule has 122 valence electrons. The smallest absolute Gasteiger partial charge is 0.262 e. The molecule has 0 N–H and O–H groups in total. The second-order valence-corrected chi connectivity index (χ2v) is 6.89. The molecule has 0 fully saturated rings. The second kappa shape index (κ2) is 6.11. The van der Waals surface area contributed by atoms with Crippen molar-refractivity contribution in [3.63, 3.8) is 0 Å². The van der Waals surface area contributed by atoms with Crippen molar-refractivity contribution in [1.82, 2.24) is 14.8 Å². The van der Waals surface area contributed by atoms with Crippen LogP contribution in [0.1, 0.15) is 5.69 Å². The Labute approximate surface area is 147 Å². The molecule has 2 unspecified atom stereocenters. The maximum atomic E-state index is 13.2. The van der Waals surface area contributed by atoms with E-state index in [1.165, 1.54) is 10.9 Å². The van der Waals surface area contributed by atoms with Gasteiger partial charge in [-0.2, -0.15) is 18.3 Å². The fraction of sp³-hybridized carbons (Fsp3) is 0.286. The number of alkyl halides is 4. The van der Waals surface area contributed by atoms with Crippen molar-refractivity contribution in [2.45, 2.75) is 18.1 Å². The summed E-state index contributed by atoms with van der Waals surface area (Å²) in [5, 5.41) is 3.77. The molecule has 0 aromatic carbocycles. The summed E-state index contributed by atoms with van der Waals surface area (Å²) in [5.41, 5.74) is -0.939. The maximum absolute atomic E-state index is 13.2. The Kier molecular flexibility index (Phi) is 4.46. The predicted molar refractivity (Wildman–Crippen MR) is 86.4 cm³/mol. The Morgan fingerprint density at radius 1 is 1.35 bits per heavy atom. The molecule has 3 nitrogen and oxygen atoms in total. The molecule has 0 saturated heterocycles. The van der Waals surface area contributed by atoms with E-state index in [0.29, 0.717) is 9.51 Å². The van der Waals surface area contributed by atoms with Crippen LogP contribution in [0.3, 0.4) is 0 Å². The zero-order chi connectivity index (χ0) is 16.8. The van der Waals surface area contributed by atoms with E-state index in [-0.39, 0.29) is 23.5 Å². The summed E-state index contributed by atoms with van der Waals surface area (Å²) < 4.78 is 41.3. The Hall–Kier alpha value is -1.05. The van der Waals surface area contributed by atoms with Gasteiger partial charge in [0.25, 0.3) is 0 Å². The summed E-state index contributed by atoms with van der Waals surface area (Å²) in [6.45, 7) is 0.124. The molecule has 2 aromatic rings. The number of fused-ring (bicyclic) bond motifs is 1. The normalized spacial score (nSPS) is 21.7. The van der Waals surface area contributed by atoms with Gasteiger partial charge in [-0.15, -0.1) is 11.6 Å². The number of allylic oxidation sites excluding steroid dienone is 4. The van der Waals surface area contributed by atoms with E-state index in [1.54, 1.807) is 24.3 Å². The number of hydrogen-bond donors (Lipinski definition) is 0. The van der Waals surface area contributed by atoms with Crippen LogP contribution in [0.2, 0.25) is 0 Å². The molecule has 0 spiro atoms. The predicted octanol–water partition coefficient (Wildman–Crippen LogP) is 5.13. The van der Waals surface area contributed by atoms with Crippen LogP contribution in [0.5, 0.6) is 0 Å². The lowest BCUT2D eigenvalue weighted by atomic mass is 10.00. The molecule has 23 heavy (non-hydrogen) atoms. The van der Waals surface area contributed by atoms with Gasteiger partial charge in [0.1, 0.15) is 5.52 Å². The van der Waals surface area contributed by atoms with E-state index >= 15 is 0 Å². The molecule has 2 aromatic heterocycles. The third-order valence-electron chi connectivity index (χ3n) is 3.48. The van der Waals surface area contributed by atoms with Gasteiger partial charge in [0.05, 0.1) is 17.4 Å². The van der Waals surface area contributed by atoms with Gasteiger partial charge < -0.3 is 0 Å². The Balaban J connectivity index is 2.09. The quantitative estimate of drug-likeness (QED) is 0.623. The Morgan fingerprint density at radius 2 is 2.09 bits per heavy atom. The first-order valence-electron chi connectivity index (χ1n) is 6.54. The summed E-state index contributed by atoms with van der Waals surface area (Å²) in [6, 6.07) is 1.55. The number of hydrogen-bond acceptors (Lipinski definition) is 2. The molecule has 9 heteroatoms. The molecule has 1 aliphatic carbocycles. The van der Waals surface area contributed by atoms with Crippen molar-refractivity contribution >= 4 is 50.2 Å². The van der Waals surface area contributed by atoms with Crippen LogP contribution < -0.4 is 0 Å². The highest BCUT2D eigenvalue weighted by Crippen LogP contribution is 2.35. The summed E-state index contributed by atoms with van der Waals surface area (Å²) in [5.74, 6) is -0.355. The molecule has 2 heterocycles. The highest BCUT2D eigenvalue weighted by Gasteiger charge is 2.38. The fourth-order valence-electron chi connectivity index (χ4n) is 2.40. The topological polar surface area (TPSA) is 30.7 Å². The van der Waals surface area contributed by atoms with Crippen LogP contribution in [-0.2, 0) is 12.7 Å². The molecular weight excluding hydrogens is 418 g/mol. The average molecular weight is 427 g/mol. The third kappa shape index (κ3) is 3.27. The van der Waals surface area contributed by atoms with Gasteiger partial charge in [-0.05, 0) is 28.1 Å². The van der Waals surface area contributed by atoms with Gasteiger partial charge >= 0.3 is 6.18 Å². The first-order valence-corrected chi connectivity index (χ1v) is 8.15. The van der Waals surface area contributed by atoms with Crippen molar-refractivity contribution in [1.29, 1.82) is 0 Å². The summed E-state index contributed by atoms with van der Waals surface area (Å²) >= 11 is 15.6. The van der Waals surface area contributed by atoms with Crippen molar-refractivity contribution in [3.8, 4) is 0 Å². The van der Waals surface area contributed by atoms with Gasteiger partial charge in [0.15, 0.2) is 5.69 Å². The van der Waals surface area contributed by atoms with E-state index in [2.05, 4.69) is 26.0 Å². The van der Waals surface area contributed by atoms with Crippen LogP contribution >= 0.6 is 39.1 Å². The SMILES string of the molecule is FC(F)(F)c1nn(CC2C(Cl)=CC=CC2Cl)c2cc(Br)cnc12.